The lowest BCUT2D eigenvalue weighted by molar-refractivity contribution is 0.270. The first-order valence-corrected chi connectivity index (χ1v) is 4.50. The maximum atomic E-state index is 5.35. The minimum absolute atomic E-state index is 0.588. The van der Waals surface area contributed by atoms with Gasteiger partial charge in [-0.1, -0.05) is 6.08 Å². The van der Waals surface area contributed by atoms with Crippen LogP contribution in [0.1, 0.15) is 12.1 Å². The van der Waals surface area contributed by atoms with E-state index in [2.05, 4.69) is 16.5 Å². The van der Waals surface area contributed by atoms with E-state index < -0.39 is 0 Å². The van der Waals surface area contributed by atoms with Gasteiger partial charge in [-0.15, -0.1) is 6.58 Å². The smallest absolute Gasteiger partial charge is 0.192 e. The molecule has 0 atom stereocenters. The second-order valence-electron chi connectivity index (χ2n) is 2.84. The number of hydrogen-bond donors (Lipinski definition) is 0. The van der Waals surface area contributed by atoms with Crippen molar-refractivity contribution in [1.29, 1.82) is 0 Å². The summed E-state index contributed by atoms with van der Waals surface area (Å²) < 4.78 is 10.7. The standard InChI is InChI=1S/C11H10N2O2/c1-2-3-10-11(15-7-6-14-10)9-8-12-4-5-13-9/h2,4-8H,1,3H2. The largest absolute Gasteiger partial charge is 0.462 e. The summed E-state index contributed by atoms with van der Waals surface area (Å²) in [6.07, 6.45) is 10.1. The van der Waals surface area contributed by atoms with Crippen LogP contribution in [0, 0.1) is 0 Å². The Morgan fingerprint density at radius 2 is 2.13 bits per heavy atom. The molecule has 0 saturated carbocycles. The summed E-state index contributed by atoms with van der Waals surface area (Å²) in [5.41, 5.74) is 0.652. The van der Waals surface area contributed by atoms with Gasteiger partial charge in [0.1, 0.15) is 18.2 Å². The Labute approximate surface area is 87.6 Å². The number of allylic oxidation sites excluding steroid dienone is 1. The van der Waals surface area contributed by atoms with E-state index in [1.54, 1.807) is 24.7 Å². The van der Waals surface area contributed by atoms with E-state index in [1.807, 2.05) is 0 Å². The highest BCUT2D eigenvalue weighted by Gasteiger charge is 2.14. The van der Waals surface area contributed by atoms with Crippen molar-refractivity contribution < 1.29 is 9.47 Å². The number of nitrogens with zero attached hydrogens (tertiary/aromatic N) is 2. The summed E-state index contributed by atoms with van der Waals surface area (Å²) in [6, 6.07) is 0. The van der Waals surface area contributed by atoms with E-state index in [9.17, 15) is 0 Å². The molecule has 0 saturated heterocycles. The molecule has 0 unspecified atom stereocenters. The monoisotopic (exact) mass is 202 g/mol. The number of hydrogen-bond acceptors (Lipinski definition) is 4. The molecule has 0 amide bonds. The maximum Gasteiger partial charge on any atom is 0.192 e. The van der Waals surface area contributed by atoms with Crippen LogP contribution in [0.25, 0.3) is 5.76 Å². The molecule has 0 spiro atoms. The van der Waals surface area contributed by atoms with Crippen LogP contribution in [0.2, 0.25) is 0 Å². The second kappa shape index (κ2) is 4.41. The molecule has 1 aliphatic rings. The van der Waals surface area contributed by atoms with Gasteiger partial charge in [0.2, 0.25) is 0 Å². The Hall–Kier alpha value is -2.10. The van der Waals surface area contributed by atoms with Gasteiger partial charge in [-0.3, -0.25) is 4.98 Å². The summed E-state index contributed by atoms with van der Waals surface area (Å²) in [7, 11) is 0. The summed E-state index contributed by atoms with van der Waals surface area (Å²) in [5, 5.41) is 0. The van der Waals surface area contributed by atoms with Gasteiger partial charge in [0.05, 0.1) is 6.20 Å². The summed E-state index contributed by atoms with van der Waals surface area (Å²) in [4.78, 5) is 8.11. The Bertz CT molecular complexity index is 406. The van der Waals surface area contributed by atoms with Gasteiger partial charge in [-0.05, 0) is 0 Å². The lowest BCUT2D eigenvalue weighted by atomic mass is 10.2. The Morgan fingerprint density at radius 1 is 1.27 bits per heavy atom. The normalized spacial score (nSPS) is 14.4. The van der Waals surface area contributed by atoms with E-state index in [4.69, 9.17) is 9.47 Å². The molecule has 4 nitrogen and oxygen atoms in total. The van der Waals surface area contributed by atoms with Gasteiger partial charge in [0.25, 0.3) is 0 Å². The van der Waals surface area contributed by atoms with Gasteiger partial charge >= 0.3 is 0 Å². The van der Waals surface area contributed by atoms with Crippen LogP contribution in [0.4, 0.5) is 0 Å². The SMILES string of the molecule is C=CCC1=C(c2cnccn2)OC=CO1. The predicted molar refractivity (Wildman–Crippen MR) is 55.1 cm³/mol. The highest BCUT2D eigenvalue weighted by atomic mass is 16.5. The molecule has 0 bridgehead atoms. The molecule has 0 fully saturated rings. The molecule has 0 radical (unpaired) electrons. The molecule has 1 aliphatic heterocycles. The van der Waals surface area contributed by atoms with E-state index in [-0.39, 0.29) is 0 Å². The number of rotatable bonds is 3. The third-order valence-electron chi connectivity index (χ3n) is 1.83. The average Bonchev–Trinajstić information content (AvgIpc) is 2.31. The minimum Gasteiger partial charge on any atom is -0.462 e. The first-order chi connectivity index (χ1) is 7.42. The van der Waals surface area contributed by atoms with Crippen molar-refractivity contribution in [3.8, 4) is 0 Å². The first kappa shape index (κ1) is 9.45. The number of ether oxygens (including phenoxy) is 2. The van der Waals surface area contributed by atoms with Crippen LogP contribution < -0.4 is 0 Å². The fraction of sp³-hybridized carbons (Fsp3) is 0.0909. The molecule has 1 aromatic rings. The van der Waals surface area contributed by atoms with Gasteiger partial charge < -0.3 is 9.47 Å². The van der Waals surface area contributed by atoms with Crippen LogP contribution in [0.3, 0.4) is 0 Å². The minimum atomic E-state index is 0.588. The number of aromatic nitrogens is 2. The first-order valence-electron chi connectivity index (χ1n) is 4.50. The highest BCUT2D eigenvalue weighted by Crippen LogP contribution is 2.24. The van der Waals surface area contributed by atoms with Crippen LogP contribution >= 0.6 is 0 Å². The molecule has 15 heavy (non-hydrogen) atoms. The lowest BCUT2D eigenvalue weighted by Gasteiger charge is -2.15. The quantitative estimate of drug-likeness (QED) is 0.705. The Kier molecular flexibility index (Phi) is 2.78. The second-order valence-corrected chi connectivity index (χ2v) is 2.84. The van der Waals surface area contributed by atoms with Crippen LogP contribution in [-0.2, 0) is 9.47 Å². The maximum absolute atomic E-state index is 5.35. The predicted octanol–water partition coefficient (Wildman–Crippen LogP) is 2.24. The third kappa shape index (κ3) is 2.04. The van der Waals surface area contributed by atoms with Crippen LogP contribution in [0.15, 0.2) is 49.5 Å². The fourth-order valence-corrected chi connectivity index (χ4v) is 1.22. The van der Waals surface area contributed by atoms with E-state index in [0.717, 1.165) is 0 Å². The van der Waals surface area contributed by atoms with Crippen molar-refractivity contribution >= 4 is 5.76 Å². The summed E-state index contributed by atoms with van der Waals surface area (Å²) >= 11 is 0. The summed E-state index contributed by atoms with van der Waals surface area (Å²) in [5.74, 6) is 1.28. The van der Waals surface area contributed by atoms with Gasteiger partial charge in [0.15, 0.2) is 11.5 Å². The molecule has 2 heterocycles. The van der Waals surface area contributed by atoms with Crippen molar-refractivity contribution in [2.24, 2.45) is 0 Å². The van der Waals surface area contributed by atoms with Crippen LogP contribution in [0.5, 0.6) is 0 Å². The molecule has 2 rings (SSSR count). The molecule has 76 valence electrons. The molecular weight excluding hydrogens is 192 g/mol. The third-order valence-corrected chi connectivity index (χ3v) is 1.83. The Balaban J connectivity index is 2.35. The molecule has 1 aromatic heterocycles. The van der Waals surface area contributed by atoms with Gasteiger partial charge in [-0.2, -0.15) is 0 Å². The zero-order valence-corrected chi connectivity index (χ0v) is 8.09. The molecule has 0 aromatic carbocycles. The highest BCUT2D eigenvalue weighted by molar-refractivity contribution is 5.59. The van der Waals surface area contributed by atoms with Crippen molar-refractivity contribution in [3.63, 3.8) is 0 Å². The molecular formula is C11H10N2O2. The topological polar surface area (TPSA) is 44.2 Å². The van der Waals surface area contributed by atoms with E-state index in [1.165, 1.54) is 12.5 Å². The van der Waals surface area contributed by atoms with Crippen molar-refractivity contribution in [2.45, 2.75) is 6.42 Å². The zero-order chi connectivity index (χ0) is 10.5. The van der Waals surface area contributed by atoms with Gasteiger partial charge in [0, 0.05) is 18.8 Å². The molecule has 0 aliphatic carbocycles. The zero-order valence-electron chi connectivity index (χ0n) is 8.09. The van der Waals surface area contributed by atoms with Gasteiger partial charge in [-0.25, -0.2) is 4.98 Å². The van der Waals surface area contributed by atoms with E-state index >= 15 is 0 Å². The molecule has 4 heteroatoms. The van der Waals surface area contributed by atoms with Crippen molar-refractivity contribution in [1.82, 2.24) is 9.97 Å². The Morgan fingerprint density at radius 3 is 2.87 bits per heavy atom. The fourth-order valence-electron chi connectivity index (χ4n) is 1.22. The van der Waals surface area contributed by atoms with Crippen molar-refractivity contribution in [2.75, 3.05) is 0 Å². The average molecular weight is 202 g/mol. The lowest BCUT2D eigenvalue weighted by Crippen LogP contribution is -2.01. The summed E-state index contributed by atoms with van der Waals surface area (Å²) in [6.45, 7) is 3.65. The van der Waals surface area contributed by atoms with E-state index in [0.29, 0.717) is 23.6 Å². The van der Waals surface area contributed by atoms with Crippen LogP contribution in [-0.4, -0.2) is 9.97 Å². The van der Waals surface area contributed by atoms with Crippen molar-refractivity contribution in [3.05, 3.63) is 55.2 Å². The molecule has 0 N–H and O–H groups in total.